The molecule has 1 fully saturated rings. The van der Waals surface area contributed by atoms with Crippen molar-refractivity contribution in [1.82, 2.24) is 19.5 Å². The molecule has 0 aromatic carbocycles. The second-order valence-corrected chi connectivity index (χ2v) is 8.64. The second-order valence-electron chi connectivity index (χ2n) is 8.64. The maximum atomic E-state index is 12.2. The number of aliphatic hydroxyl groups excluding tert-OH is 1. The molecule has 1 amide bonds. The summed E-state index contributed by atoms with van der Waals surface area (Å²) in [4.78, 5) is 47.1. The van der Waals surface area contributed by atoms with E-state index in [-0.39, 0.29) is 57.1 Å². The van der Waals surface area contributed by atoms with Crippen molar-refractivity contribution in [3.05, 3.63) is 12.7 Å². The van der Waals surface area contributed by atoms with E-state index in [0.29, 0.717) is 11.2 Å². The summed E-state index contributed by atoms with van der Waals surface area (Å²) in [6, 6.07) is 0. The molecule has 3 rings (SSSR count). The van der Waals surface area contributed by atoms with Crippen molar-refractivity contribution in [2.45, 2.75) is 59.0 Å². The molecule has 210 valence electrons. The molecule has 0 unspecified atom stereocenters. The molecule has 2 aromatic heterocycles. The first-order valence-corrected chi connectivity index (χ1v) is 12.1. The van der Waals surface area contributed by atoms with Gasteiger partial charge in [-0.3, -0.25) is 19.0 Å². The number of hydrogen-bond acceptors (Lipinski definition) is 13. The number of hydrogen-bond donors (Lipinski definition) is 2. The van der Waals surface area contributed by atoms with Gasteiger partial charge in [0, 0.05) is 26.2 Å². The zero-order valence-corrected chi connectivity index (χ0v) is 21.7. The van der Waals surface area contributed by atoms with Crippen LogP contribution < -0.4 is 5.32 Å². The molecular formula is C23H33N5O10. The molecule has 0 spiro atoms. The Labute approximate surface area is 218 Å². The summed E-state index contributed by atoms with van der Waals surface area (Å²) < 4.78 is 34.6. The minimum Gasteiger partial charge on any atom is -0.463 e. The Hall–Kier alpha value is -3.24. The number of ether oxygens (including phenoxy) is 6. The normalized spacial score (nSPS) is 19.3. The van der Waals surface area contributed by atoms with Crippen molar-refractivity contribution in [1.29, 1.82) is 0 Å². The Morgan fingerprint density at radius 2 is 1.74 bits per heavy atom. The zero-order chi connectivity index (χ0) is 27.7. The average molecular weight is 540 g/mol. The van der Waals surface area contributed by atoms with E-state index in [1.807, 2.05) is 0 Å². The molecular weight excluding hydrogens is 506 g/mol. The number of aliphatic hydroxyl groups is 1. The van der Waals surface area contributed by atoms with Crippen molar-refractivity contribution in [3.8, 4) is 0 Å². The van der Waals surface area contributed by atoms with E-state index < -0.39 is 36.9 Å². The molecule has 0 aliphatic carbocycles. The largest absolute Gasteiger partial charge is 0.463 e. The van der Waals surface area contributed by atoms with Crippen LogP contribution in [0.1, 0.15) is 40.3 Å². The fourth-order valence-electron chi connectivity index (χ4n) is 3.52. The number of aromatic nitrogens is 4. The summed E-state index contributed by atoms with van der Waals surface area (Å²) in [6.45, 7) is 4.46. The van der Waals surface area contributed by atoms with E-state index in [2.05, 4.69) is 20.3 Å². The van der Waals surface area contributed by atoms with Crippen LogP contribution in [-0.2, 0) is 42.8 Å². The smallest absolute Gasteiger partial charge is 0.302 e. The quantitative estimate of drug-likeness (QED) is 0.193. The molecule has 1 aliphatic rings. The lowest BCUT2D eigenvalue weighted by molar-refractivity contribution is -0.314. The number of nitrogens with one attached hydrogen (secondary N) is 1. The van der Waals surface area contributed by atoms with Crippen molar-refractivity contribution < 1.29 is 47.9 Å². The standard InChI is InChI=1S/C23H33N5O10/c1-13(2)21(32)27-19-18-20(25-11-24-19)28(12-26-18)22-17(9-16(10-29)37-22)38-23(35-7-5-33-14(3)30)36-8-6-34-15(4)31/h11-13,16-17,22-23,29H,5-10H2,1-4H3,(H,24,25,27,32)/t16-,17+,22+/m0/s1. The highest BCUT2D eigenvalue weighted by Crippen LogP contribution is 2.34. The number of nitrogens with zero attached hydrogens (tertiary/aromatic N) is 4. The summed E-state index contributed by atoms with van der Waals surface area (Å²) in [5.41, 5.74) is 0.725. The van der Waals surface area contributed by atoms with Gasteiger partial charge in [0.05, 0.1) is 32.3 Å². The third-order valence-electron chi connectivity index (χ3n) is 5.32. The predicted molar refractivity (Wildman–Crippen MR) is 128 cm³/mol. The Morgan fingerprint density at radius 3 is 2.32 bits per heavy atom. The summed E-state index contributed by atoms with van der Waals surface area (Å²) >= 11 is 0. The van der Waals surface area contributed by atoms with Crippen molar-refractivity contribution in [3.63, 3.8) is 0 Å². The molecule has 2 N–H and O–H groups in total. The molecule has 2 aromatic rings. The number of fused-ring (bicyclic) bond motifs is 1. The van der Waals surface area contributed by atoms with Gasteiger partial charge in [-0.25, -0.2) is 15.0 Å². The van der Waals surface area contributed by atoms with E-state index in [4.69, 9.17) is 28.4 Å². The minimum atomic E-state index is -1.24. The van der Waals surface area contributed by atoms with Crippen LogP contribution in [0, 0.1) is 5.92 Å². The molecule has 15 nitrogen and oxygen atoms in total. The van der Waals surface area contributed by atoms with E-state index >= 15 is 0 Å². The first-order chi connectivity index (χ1) is 18.2. The summed E-state index contributed by atoms with van der Waals surface area (Å²) in [6.07, 6.45) is 0.998. The number of esters is 2. The number of carbonyl (C=O) groups is 3. The van der Waals surface area contributed by atoms with Gasteiger partial charge in [-0.05, 0) is 0 Å². The van der Waals surface area contributed by atoms with Crippen LogP contribution in [0.15, 0.2) is 12.7 Å². The van der Waals surface area contributed by atoms with Crippen LogP contribution in [0.3, 0.4) is 0 Å². The van der Waals surface area contributed by atoms with Crippen molar-refractivity contribution in [2.24, 2.45) is 5.92 Å². The van der Waals surface area contributed by atoms with E-state index in [1.54, 1.807) is 18.4 Å². The van der Waals surface area contributed by atoms with Crippen LogP contribution in [0.5, 0.6) is 0 Å². The van der Waals surface area contributed by atoms with Crippen LogP contribution in [-0.4, -0.2) is 94.2 Å². The highest BCUT2D eigenvalue weighted by atomic mass is 16.9. The van der Waals surface area contributed by atoms with Crippen molar-refractivity contribution >= 4 is 34.8 Å². The van der Waals surface area contributed by atoms with Gasteiger partial charge in [0.1, 0.15) is 25.6 Å². The number of carbonyl (C=O) groups excluding carboxylic acids is 3. The summed E-state index contributed by atoms with van der Waals surface area (Å²) in [5, 5.41) is 12.5. The molecule has 1 saturated heterocycles. The summed E-state index contributed by atoms with van der Waals surface area (Å²) in [5.74, 6) is -1.16. The van der Waals surface area contributed by atoms with Crippen molar-refractivity contribution in [2.75, 3.05) is 38.4 Å². The highest BCUT2D eigenvalue weighted by Gasteiger charge is 2.40. The van der Waals surface area contributed by atoms with Crippen LogP contribution in [0.2, 0.25) is 0 Å². The van der Waals surface area contributed by atoms with E-state index in [9.17, 15) is 19.5 Å². The van der Waals surface area contributed by atoms with Gasteiger partial charge in [-0.1, -0.05) is 13.8 Å². The second kappa shape index (κ2) is 14.1. The fourth-order valence-corrected chi connectivity index (χ4v) is 3.52. The van der Waals surface area contributed by atoms with Gasteiger partial charge in [-0.2, -0.15) is 0 Å². The lowest BCUT2D eigenvalue weighted by Gasteiger charge is -2.26. The van der Waals surface area contributed by atoms with E-state index in [1.165, 1.54) is 26.5 Å². The molecule has 0 saturated carbocycles. The lowest BCUT2D eigenvalue weighted by Crippen LogP contribution is -2.33. The first-order valence-electron chi connectivity index (χ1n) is 12.1. The summed E-state index contributed by atoms with van der Waals surface area (Å²) in [7, 11) is 0. The molecule has 3 atom stereocenters. The number of rotatable bonds is 14. The maximum Gasteiger partial charge on any atom is 0.302 e. The predicted octanol–water partition coefficient (Wildman–Crippen LogP) is 0.529. The third-order valence-corrected chi connectivity index (χ3v) is 5.32. The van der Waals surface area contributed by atoms with Gasteiger partial charge >= 0.3 is 11.9 Å². The zero-order valence-electron chi connectivity index (χ0n) is 21.7. The van der Waals surface area contributed by atoms with Crippen LogP contribution in [0.25, 0.3) is 11.2 Å². The van der Waals surface area contributed by atoms with Crippen LogP contribution >= 0.6 is 0 Å². The third kappa shape index (κ3) is 8.13. The Balaban J connectivity index is 1.78. The van der Waals surface area contributed by atoms with E-state index in [0.717, 1.165) is 0 Å². The Morgan fingerprint density at radius 1 is 1.08 bits per heavy atom. The first kappa shape index (κ1) is 29.3. The minimum absolute atomic E-state index is 0.0275. The number of amides is 1. The lowest BCUT2D eigenvalue weighted by atomic mass is 10.2. The Bertz CT molecular complexity index is 1070. The van der Waals surface area contributed by atoms with Gasteiger partial charge < -0.3 is 38.8 Å². The number of anilines is 1. The van der Waals surface area contributed by atoms with Gasteiger partial charge in [0.15, 0.2) is 23.2 Å². The Kier molecular flexibility index (Phi) is 10.8. The average Bonchev–Trinajstić information content (AvgIpc) is 3.48. The van der Waals surface area contributed by atoms with Gasteiger partial charge in [0.2, 0.25) is 5.91 Å². The topological polar surface area (TPSA) is 182 Å². The molecule has 0 bridgehead atoms. The monoisotopic (exact) mass is 539 g/mol. The molecule has 15 heteroatoms. The SMILES string of the molecule is CC(=O)OCCOC(OCCOC(C)=O)O[C@@H]1C[C@@H](CO)O[C@H]1n1cnc2c(NC(=O)C(C)C)ncnc21. The fraction of sp³-hybridized carbons (Fsp3) is 0.652. The molecule has 1 aliphatic heterocycles. The van der Waals surface area contributed by atoms with Gasteiger partial charge in [0.25, 0.3) is 6.48 Å². The number of imidazole rings is 1. The highest BCUT2D eigenvalue weighted by molar-refractivity contribution is 5.97. The van der Waals surface area contributed by atoms with Crippen LogP contribution in [0.4, 0.5) is 5.82 Å². The van der Waals surface area contributed by atoms with Gasteiger partial charge in [-0.15, -0.1) is 0 Å². The molecule has 3 heterocycles. The maximum absolute atomic E-state index is 12.2. The molecule has 0 radical (unpaired) electrons. The molecule has 38 heavy (non-hydrogen) atoms.